The van der Waals surface area contributed by atoms with Gasteiger partial charge in [-0.05, 0) is 37.6 Å². The van der Waals surface area contributed by atoms with Crippen molar-refractivity contribution in [3.8, 4) is 6.07 Å². The fourth-order valence-electron chi connectivity index (χ4n) is 3.46. The lowest BCUT2D eigenvalue weighted by atomic mass is 9.99. The molecule has 5 nitrogen and oxygen atoms in total. The Labute approximate surface area is 146 Å². The normalized spacial score (nSPS) is 18.3. The Morgan fingerprint density at radius 1 is 1.46 bits per heavy atom. The fourth-order valence-corrected chi connectivity index (χ4v) is 4.29. The lowest BCUT2D eigenvalue weighted by Gasteiger charge is -2.36. The van der Waals surface area contributed by atoms with Gasteiger partial charge in [0, 0.05) is 36.6 Å². The van der Waals surface area contributed by atoms with Crippen LogP contribution in [0.25, 0.3) is 0 Å². The Morgan fingerprint density at radius 3 is 3.00 bits per heavy atom. The summed E-state index contributed by atoms with van der Waals surface area (Å²) in [5.41, 5.74) is 2.62. The molecular weight excluding hydrogens is 320 g/mol. The first-order valence-electron chi connectivity index (χ1n) is 8.23. The summed E-state index contributed by atoms with van der Waals surface area (Å²) < 4.78 is 2.01. The monoisotopic (exact) mass is 342 g/mol. The van der Waals surface area contributed by atoms with E-state index in [9.17, 15) is 4.79 Å². The van der Waals surface area contributed by atoms with Crippen LogP contribution in [0.5, 0.6) is 0 Å². The first kappa shape index (κ1) is 16.7. The van der Waals surface area contributed by atoms with Crippen molar-refractivity contribution < 1.29 is 4.79 Å². The molecule has 2 aromatic heterocycles. The number of thiophene rings is 1. The van der Waals surface area contributed by atoms with Crippen molar-refractivity contribution in [3.63, 3.8) is 0 Å². The highest BCUT2D eigenvalue weighted by molar-refractivity contribution is 7.10. The molecule has 1 fully saturated rings. The zero-order valence-electron chi connectivity index (χ0n) is 14.1. The first-order valence-corrected chi connectivity index (χ1v) is 9.11. The van der Waals surface area contributed by atoms with E-state index in [0.717, 1.165) is 25.1 Å². The zero-order chi connectivity index (χ0) is 17.1. The Kier molecular flexibility index (Phi) is 5.03. The maximum Gasteiger partial charge on any atom is 0.267 e. The fraction of sp³-hybridized carbons (Fsp3) is 0.444. The molecular formula is C18H22N4OS. The third kappa shape index (κ3) is 3.23. The van der Waals surface area contributed by atoms with Crippen molar-refractivity contribution in [2.45, 2.75) is 31.8 Å². The van der Waals surface area contributed by atoms with Crippen molar-refractivity contribution in [3.05, 3.63) is 45.4 Å². The molecule has 24 heavy (non-hydrogen) atoms. The van der Waals surface area contributed by atoms with Crippen LogP contribution in [0, 0.1) is 11.3 Å². The molecule has 0 aromatic carbocycles. The summed E-state index contributed by atoms with van der Waals surface area (Å²) in [6, 6.07) is 8.48. The molecule has 1 saturated heterocycles. The van der Waals surface area contributed by atoms with Gasteiger partial charge < -0.3 is 9.88 Å². The average Bonchev–Trinajstić information content (AvgIpc) is 3.21. The Hall–Kier alpha value is -2.10. The largest absolute Gasteiger partial charge is 0.354 e. The number of aromatic nitrogens is 1. The van der Waals surface area contributed by atoms with E-state index in [1.54, 1.807) is 18.4 Å². The van der Waals surface area contributed by atoms with Gasteiger partial charge in [0.2, 0.25) is 0 Å². The molecule has 0 saturated carbocycles. The highest BCUT2D eigenvalue weighted by Gasteiger charge is 2.27. The van der Waals surface area contributed by atoms with E-state index in [-0.39, 0.29) is 5.91 Å². The van der Waals surface area contributed by atoms with Gasteiger partial charge in [-0.15, -0.1) is 11.3 Å². The van der Waals surface area contributed by atoms with Crippen molar-refractivity contribution in [2.24, 2.45) is 7.05 Å². The van der Waals surface area contributed by atoms with Crippen LogP contribution in [0.2, 0.25) is 0 Å². The van der Waals surface area contributed by atoms with Gasteiger partial charge in [0.25, 0.3) is 5.91 Å². The summed E-state index contributed by atoms with van der Waals surface area (Å²) in [7, 11) is 3.62. The maximum atomic E-state index is 12.0. The molecule has 0 bridgehead atoms. The molecule has 0 aliphatic carbocycles. The van der Waals surface area contributed by atoms with Crippen molar-refractivity contribution in [1.82, 2.24) is 14.8 Å². The molecule has 1 aliphatic heterocycles. The van der Waals surface area contributed by atoms with Crippen LogP contribution >= 0.6 is 11.3 Å². The number of nitrogens with one attached hydrogen (secondary N) is 1. The number of hydrogen-bond acceptors (Lipinski definition) is 4. The van der Waals surface area contributed by atoms with E-state index >= 15 is 0 Å². The Bertz CT molecular complexity index is 770. The van der Waals surface area contributed by atoms with Gasteiger partial charge >= 0.3 is 0 Å². The molecule has 2 aromatic rings. The lowest BCUT2D eigenvalue weighted by Crippen LogP contribution is -2.34. The summed E-state index contributed by atoms with van der Waals surface area (Å²) in [6.07, 6.45) is 3.50. The van der Waals surface area contributed by atoms with E-state index in [4.69, 9.17) is 5.26 Å². The number of piperidine rings is 1. The molecule has 1 atom stereocenters. The van der Waals surface area contributed by atoms with E-state index in [1.807, 2.05) is 29.1 Å². The molecule has 0 radical (unpaired) electrons. The number of amides is 1. The number of carbonyl (C=O) groups is 1. The molecule has 3 rings (SSSR count). The van der Waals surface area contributed by atoms with Gasteiger partial charge in [-0.1, -0.05) is 6.42 Å². The van der Waals surface area contributed by atoms with E-state index in [0.29, 0.717) is 11.7 Å². The molecule has 6 heteroatoms. The van der Waals surface area contributed by atoms with Gasteiger partial charge in [0.05, 0.1) is 11.6 Å². The molecule has 126 valence electrons. The van der Waals surface area contributed by atoms with Crippen LogP contribution in [0.1, 0.15) is 51.9 Å². The minimum Gasteiger partial charge on any atom is -0.354 e. The van der Waals surface area contributed by atoms with E-state index < -0.39 is 0 Å². The van der Waals surface area contributed by atoms with Crippen molar-refractivity contribution in [2.75, 3.05) is 13.6 Å². The van der Waals surface area contributed by atoms with Gasteiger partial charge in [0.1, 0.15) is 11.8 Å². The maximum absolute atomic E-state index is 12.0. The lowest BCUT2D eigenvalue weighted by molar-refractivity contribution is 0.0952. The Balaban J connectivity index is 1.83. The number of likely N-dealkylation sites (tertiary alicyclic amines) is 1. The van der Waals surface area contributed by atoms with E-state index in [2.05, 4.69) is 22.4 Å². The van der Waals surface area contributed by atoms with Gasteiger partial charge in [-0.2, -0.15) is 5.26 Å². The summed E-state index contributed by atoms with van der Waals surface area (Å²) in [5.74, 6) is -0.0528. The molecule has 0 spiro atoms. The minimum absolute atomic E-state index is 0.0528. The SMILES string of the molecule is CNC(=O)c1ccc([C@@H]2CCCCN2Cc2cc(C#N)cs2)n1C. The van der Waals surface area contributed by atoms with Crippen LogP contribution in [0.15, 0.2) is 23.6 Å². The zero-order valence-corrected chi connectivity index (χ0v) is 14.9. The number of nitrogens with zero attached hydrogens (tertiary/aromatic N) is 3. The minimum atomic E-state index is -0.0528. The predicted octanol–water partition coefficient (Wildman–Crippen LogP) is 3.05. The van der Waals surface area contributed by atoms with Crippen LogP contribution in [-0.4, -0.2) is 29.0 Å². The van der Waals surface area contributed by atoms with E-state index in [1.165, 1.54) is 23.4 Å². The highest BCUT2D eigenvalue weighted by Crippen LogP contribution is 2.33. The average molecular weight is 342 g/mol. The van der Waals surface area contributed by atoms with Crippen molar-refractivity contribution in [1.29, 1.82) is 5.26 Å². The van der Waals surface area contributed by atoms with Crippen LogP contribution in [-0.2, 0) is 13.6 Å². The Morgan fingerprint density at radius 2 is 2.29 bits per heavy atom. The first-order chi connectivity index (χ1) is 11.6. The molecule has 3 heterocycles. The second-order valence-electron chi connectivity index (χ2n) is 6.18. The third-order valence-corrected chi connectivity index (χ3v) is 5.64. The van der Waals surface area contributed by atoms with Crippen LogP contribution in [0.3, 0.4) is 0 Å². The van der Waals surface area contributed by atoms with Gasteiger partial charge in [0.15, 0.2) is 0 Å². The highest BCUT2D eigenvalue weighted by atomic mass is 32.1. The van der Waals surface area contributed by atoms with Crippen LogP contribution in [0.4, 0.5) is 0 Å². The summed E-state index contributed by atoms with van der Waals surface area (Å²) >= 11 is 1.65. The molecule has 1 amide bonds. The number of carbonyl (C=O) groups excluding carboxylic acids is 1. The topological polar surface area (TPSA) is 61.1 Å². The van der Waals surface area contributed by atoms with Gasteiger partial charge in [-0.25, -0.2) is 0 Å². The number of rotatable bonds is 4. The number of nitriles is 1. The summed E-state index contributed by atoms with van der Waals surface area (Å²) in [4.78, 5) is 15.7. The standard InChI is InChI=1S/C18H22N4OS/c1-20-18(23)17-7-6-15(21(17)2)16-5-3-4-8-22(16)11-14-9-13(10-19)12-24-14/h6-7,9,12,16H,3-5,8,11H2,1-2H3,(H,20,23)/t16-/m0/s1. The smallest absolute Gasteiger partial charge is 0.267 e. The molecule has 1 N–H and O–H groups in total. The third-order valence-electron chi connectivity index (χ3n) is 4.72. The number of hydrogen-bond donors (Lipinski definition) is 1. The second kappa shape index (κ2) is 7.20. The molecule has 1 aliphatic rings. The predicted molar refractivity (Wildman–Crippen MR) is 94.8 cm³/mol. The summed E-state index contributed by atoms with van der Waals surface area (Å²) in [5, 5.41) is 13.6. The quantitative estimate of drug-likeness (QED) is 0.929. The molecule has 0 unspecified atom stereocenters. The second-order valence-corrected chi connectivity index (χ2v) is 7.17. The van der Waals surface area contributed by atoms with Crippen LogP contribution < -0.4 is 5.32 Å². The summed E-state index contributed by atoms with van der Waals surface area (Å²) in [6.45, 7) is 1.91. The van der Waals surface area contributed by atoms with Crippen molar-refractivity contribution >= 4 is 17.2 Å². The van der Waals surface area contributed by atoms with Gasteiger partial charge in [-0.3, -0.25) is 9.69 Å².